The second-order valence-electron chi connectivity index (χ2n) is 5.70. The maximum Gasteiger partial charge on any atom is 0.157 e. The lowest BCUT2D eigenvalue weighted by Crippen LogP contribution is -2.53. The van der Waals surface area contributed by atoms with Gasteiger partial charge in [0, 0.05) is 6.42 Å². The van der Waals surface area contributed by atoms with Crippen molar-refractivity contribution in [2.75, 3.05) is 13.1 Å². The molecule has 18 heavy (non-hydrogen) atoms. The molecule has 0 N–H and O–H groups in total. The average Bonchev–Trinajstić information content (AvgIpc) is 2.44. The molecule has 1 atom stereocenters. The van der Waals surface area contributed by atoms with Gasteiger partial charge in [-0.25, -0.2) is 0 Å². The van der Waals surface area contributed by atoms with Gasteiger partial charge in [0.25, 0.3) is 0 Å². The SMILES string of the molecule is C[C@@]1(N2CCCCC2)C(=O)CCc2ccccc21. The number of hydrogen-bond acceptors (Lipinski definition) is 2. The average molecular weight is 243 g/mol. The summed E-state index contributed by atoms with van der Waals surface area (Å²) in [6, 6.07) is 8.50. The fraction of sp³-hybridized carbons (Fsp3) is 0.562. The van der Waals surface area contributed by atoms with Crippen molar-refractivity contribution in [1.29, 1.82) is 0 Å². The van der Waals surface area contributed by atoms with Gasteiger partial charge < -0.3 is 0 Å². The molecule has 0 saturated carbocycles. The van der Waals surface area contributed by atoms with Crippen LogP contribution >= 0.6 is 0 Å². The van der Waals surface area contributed by atoms with Crippen molar-refractivity contribution in [2.45, 2.75) is 44.6 Å². The Kier molecular flexibility index (Phi) is 2.98. The number of carbonyl (C=O) groups is 1. The van der Waals surface area contributed by atoms with Crippen molar-refractivity contribution < 1.29 is 4.79 Å². The van der Waals surface area contributed by atoms with Crippen molar-refractivity contribution >= 4 is 5.78 Å². The Morgan fingerprint density at radius 1 is 1.06 bits per heavy atom. The van der Waals surface area contributed by atoms with E-state index < -0.39 is 0 Å². The molecule has 0 amide bonds. The molecule has 0 bridgehead atoms. The third kappa shape index (κ3) is 1.71. The molecule has 0 radical (unpaired) electrons. The quantitative estimate of drug-likeness (QED) is 0.756. The first-order chi connectivity index (χ1) is 8.73. The highest BCUT2D eigenvalue weighted by Gasteiger charge is 2.44. The van der Waals surface area contributed by atoms with Crippen LogP contribution in [0.4, 0.5) is 0 Å². The Morgan fingerprint density at radius 3 is 2.56 bits per heavy atom. The second kappa shape index (κ2) is 4.51. The van der Waals surface area contributed by atoms with Gasteiger partial charge in [0.05, 0.1) is 0 Å². The van der Waals surface area contributed by atoms with Crippen LogP contribution in [-0.4, -0.2) is 23.8 Å². The maximum atomic E-state index is 12.5. The van der Waals surface area contributed by atoms with Gasteiger partial charge in [-0.1, -0.05) is 30.7 Å². The van der Waals surface area contributed by atoms with Gasteiger partial charge in [-0.15, -0.1) is 0 Å². The summed E-state index contributed by atoms with van der Waals surface area (Å²) in [6.45, 7) is 4.27. The Labute approximate surface area is 109 Å². The summed E-state index contributed by atoms with van der Waals surface area (Å²) >= 11 is 0. The number of likely N-dealkylation sites (tertiary alicyclic amines) is 1. The van der Waals surface area contributed by atoms with E-state index in [4.69, 9.17) is 0 Å². The van der Waals surface area contributed by atoms with Crippen LogP contribution in [-0.2, 0) is 16.8 Å². The van der Waals surface area contributed by atoms with Crippen LogP contribution in [0.1, 0.15) is 43.7 Å². The van der Waals surface area contributed by atoms with Crippen LogP contribution in [0, 0.1) is 0 Å². The normalized spacial score (nSPS) is 29.1. The van der Waals surface area contributed by atoms with Crippen molar-refractivity contribution in [1.82, 2.24) is 4.90 Å². The van der Waals surface area contributed by atoms with Crippen LogP contribution < -0.4 is 0 Å². The number of hydrogen-bond donors (Lipinski definition) is 0. The second-order valence-corrected chi connectivity index (χ2v) is 5.70. The van der Waals surface area contributed by atoms with Gasteiger partial charge in [0.2, 0.25) is 0 Å². The third-order valence-electron chi connectivity index (χ3n) is 4.69. The molecular weight excluding hydrogens is 222 g/mol. The molecule has 0 aromatic heterocycles. The molecule has 3 rings (SSSR count). The topological polar surface area (TPSA) is 20.3 Å². The molecule has 1 fully saturated rings. The van der Waals surface area contributed by atoms with E-state index in [1.165, 1.54) is 30.4 Å². The molecule has 1 aliphatic carbocycles. The molecule has 0 unspecified atom stereocenters. The zero-order valence-electron chi connectivity index (χ0n) is 11.1. The Bertz CT molecular complexity index is 462. The summed E-state index contributed by atoms with van der Waals surface area (Å²) in [5.41, 5.74) is 2.25. The summed E-state index contributed by atoms with van der Waals surface area (Å²) in [4.78, 5) is 14.9. The molecule has 1 aliphatic heterocycles. The largest absolute Gasteiger partial charge is 0.297 e. The number of rotatable bonds is 1. The summed E-state index contributed by atoms with van der Waals surface area (Å²) in [5, 5.41) is 0. The molecule has 1 heterocycles. The number of nitrogens with zero attached hydrogens (tertiary/aromatic N) is 1. The van der Waals surface area contributed by atoms with Crippen LogP contribution in [0.2, 0.25) is 0 Å². The number of benzene rings is 1. The number of fused-ring (bicyclic) bond motifs is 1. The fourth-order valence-electron chi connectivity index (χ4n) is 3.54. The van der Waals surface area contributed by atoms with Gasteiger partial charge in [-0.3, -0.25) is 9.69 Å². The van der Waals surface area contributed by atoms with Gasteiger partial charge in [-0.05, 0) is 50.4 Å². The predicted molar refractivity (Wildman–Crippen MR) is 72.5 cm³/mol. The van der Waals surface area contributed by atoms with Gasteiger partial charge in [0.15, 0.2) is 5.78 Å². The van der Waals surface area contributed by atoms with Crippen LogP contribution in [0.25, 0.3) is 0 Å². The molecule has 96 valence electrons. The summed E-state index contributed by atoms with van der Waals surface area (Å²) in [7, 11) is 0. The highest BCUT2D eigenvalue weighted by atomic mass is 16.1. The number of piperidine rings is 1. The summed E-state index contributed by atoms with van der Waals surface area (Å²) < 4.78 is 0. The third-order valence-corrected chi connectivity index (χ3v) is 4.69. The van der Waals surface area contributed by atoms with E-state index in [0.717, 1.165) is 19.5 Å². The monoisotopic (exact) mass is 243 g/mol. The molecule has 0 spiro atoms. The smallest absolute Gasteiger partial charge is 0.157 e. The summed E-state index contributed by atoms with van der Waals surface area (Å²) in [5.74, 6) is 0.406. The van der Waals surface area contributed by atoms with Crippen molar-refractivity contribution in [2.24, 2.45) is 0 Å². The zero-order chi connectivity index (χ0) is 12.6. The Morgan fingerprint density at radius 2 is 1.78 bits per heavy atom. The number of aryl methyl sites for hydroxylation is 1. The van der Waals surface area contributed by atoms with E-state index in [1.807, 2.05) is 0 Å². The van der Waals surface area contributed by atoms with E-state index in [2.05, 4.69) is 36.1 Å². The van der Waals surface area contributed by atoms with Gasteiger partial charge >= 0.3 is 0 Å². The lowest BCUT2D eigenvalue weighted by molar-refractivity contribution is -0.132. The van der Waals surface area contributed by atoms with E-state index in [1.54, 1.807) is 0 Å². The Hall–Kier alpha value is -1.15. The molecule has 2 aliphatic rings. The Balaban J connectivity index is 2.05. The highest BCUT2D eigenvalue weighted by Crippen LogP contribution is 2.38. The van der Waals surface area contributed by atoms with E-state index in [0.29, 0.717) is 12.2 Å². The van der Waals surface area contributed by atoms with Crippen LogP contribution in [0.3, 0.4) is 0 Å². The number of ketones is 1. The van der Waals surface area contributed by atoms with Crippen molar-refractivity contribution in [3.8, 4) is 0 Å². The zero-order valence-corrected chi connectivity index (χ0v) is 11.1. The number of Topliss-reactive ketones (excluding diaryl/α,β-unsaturated/α-hetero) is 1. The maximum absolute atomic E-state index is 12.5. The summed E-state index contributed by atoms with van der Waals surface area (Å²) in [6.07, 6.45) is 5.38. The predicted octanol–water partition coefficient (Wildman–Crippen LogP) is 2.90. The molecular formula is C16H21NO. The van der Waals surface area contributed by atoms with Crippen molar-refractivity contribution in [3.05, 3.63) is 35.4 Å². The highest BCUT2D eigenvalue weighted by molar-refractivity contribution is 5.91. The molecule has 1 aromatic rings. The van der Waals surface area contributed by atoms with E-state index in [-0.39, 0.29) is 5.54 Å². The first-order valence-corrected chi connectivity index (χ1v) is 7.09. The minimum absolute atomic E-state index is 0.366. The lowest BCUT2D eigenvalue weighted by Gasteiger charge is -2.45. The minimum Gasteiger partial charge on any atom is -0.297 e. The minimum atomic E-state index is -0.366. The van der Waals surface area contributed by atoms with Gasteiger partial charge in [0.1, 0.15) is 5.54 Å². The molecule has 1 saturated heterocycles. The van der Waals surface area contributed by atoms with Crippen LogP contribution in [0.15, 0.2) is 24.3 Å². The molecule has 2 nitrogen and oxygen atoms in total. The fourth-order valence-corrected chi connectivity index (χ4v) is 3.54. The first kappa shape index (κ1) is 11.9. The van der Waals surface area contributed by atoms with E-state index in [9.17, 15) is 4.79 Å². The number of carbonyl (C=O) groups excluding carboxylic acids is 1. The van der Waals surface area contributed by atoms with Crippen molar-refractivity contribution in [3.63, 3.8) is 0 Å². The van der Waals surface area contributed by atoms with Crippen LogP contribution in [0.5, 0.6) is 0 Å². The standard InChI is InChI=1S/C16H21NO/c1-16(17-11-5-2-6-12-17)14-8-4-3-7-13(14)9-10-15(16)18/h3-4,7-8H,2,5-6,9-12H2,1H3/t16-/m0/s1. The molecule has 2 heteroatoms. The first-order valence-electron chi connectivity index (χ1n) is 7.09. The molecule has 1 aromatic carbocycles. The lowest BCUT2D eigenvalue weighted by atomic mass is 9.75. The van der Waals surface area contributed by atoms with E-state index >= 15 is 0 Å². The van der Waals surface area contributed by atoms with Gasteiger partial charge in [-0.2, -0.15) is 0 Å².